The number of hydroxylamine groups is 4. The van der Waals surface area contributed by atoms with Gasteiger partial charge in [0.2, 0.25) is 0 Å². The number of hydrogen-bond acceptors (Lipinski definition) is 6. The number of piperidine rings is 2. The fourth-order valence-electron chi connectivity index (χ4n) is 2.52. The molecule has 2 fully saturated rings. The maximum atomic E-state index is 11.7. The van der Waals surface area contributed by atoms with Crippen LogP contribution in [0.25, 0.3) is 0 Å². The van der Waals surface area contributed by atoms with E-state index in [-0.39, 0.29) is 10.4 Å². The molecule has 0 aliphatic carbocycles. The van der Waals surface area contributed by atoms with Gasteiger partial charge in [-0.25, -0.2) is 9.86 Å². The molecule has 0 saturated carbocycles. The number of aliphatic imine (C=N–C) groups is 1. The third-order valence-corrected chi connectivity index (χ3v) is 6.65. The molecule has 0 aromatic carbocycles. The van der Waals surface area contributed by atoms with Gasteiger partial charge in [-0.3, -0.25) is 10.2 Å². The quantitative estimate of drug-likeness (QED) is 0.485. The molecule has 3 atom stereocenters. The van der Waals surface area contributed by atoms with E-state index in [2.05, 4.69) is 4.99 Å². The zero-order chi connectivity index (χ0) is 15.9. The monoisotopic (exact) mass is 349 g/mol. The normalized spacial score (nSPS) is 29.5. The van der Waals surface area contributed by atoms with E-state index in [0.29, 0.717) is 31.1 Å². The highest BCUT2D eigenvalue weighted by Gasteiger charge is 2.24. The lowest BCUT2D eigenvalue weighted by molar-refractivity contribution is -0.864. The molecule has 2 unspecified atom stereocenters. The summed E-state index contributed by atoms with van der Waals surface area (Å²) < 4.78 is 0. The van der Waals surface area contributed by atoms with Crippen molar-refractivity contribution >= 4 is 33.4 Å². The van der Waals surface area contributed by atoms with Gasteiger partial charge in [-0.2, -0.15) is 0 Å². The van der Waals surface area contributed by atoms with Crippen molar-refractivity contribution in [3.05, 3.63) is 5.21 Å². The smallest absolute Gasteiger partial charge is 0.329 e. The second-order valence-corrected chi connectivity index (χ2v) is 8.18. The van der Waals surface area contributed by atoms with Gasteiger partial charge < -0.3 is 15.4 Å². The Bertz CT molecular complexity index is 411. The zero-order valence-electron chi connectivity index (χ0n) is 12.4. The average Bonchev–Trinajstić information content (AvgIpc) is 2.50. The molecule has 0 aromatic heterocycles. The lowest BCUT2D eigenvalue weighted by Gasteiger charge is -2.34. The van der Waals surface area contributed by atoms with Gasteiger partial charge in [-0.05, 0) is 36.5 Å². The van der Waals surface area contributed by atoms with E-state index in [4.69, 9.17) is 0 Å². The van der Waals surface area contributed by atoms with Crippen molar-refractivity contribution in [1.82, 2.24) is 5.06 Å². The summed E-state index contributed by atoms with van der Waals surface area (Å²) in [6, 6.07) is -0.876. The molecule has 2 aliphatic heterocycles. The Morgan fingerprint density at radius 1 is 1.45 bits per heavy atom. The van der Waals surface area contributed by atoms with Crippen LogP contribution in [0.1, 0.15) is 38.5 Å². The number of carboxylic acids is 1. The number of nitrogens with zero attached hydrogens (tertiary/aromatic N) is 2. The Morgan fingerprint density at radius 3 is 2.95 bits per heavy atom. The number of carbonyl (C=O) groups is 1. The van der Waals surface area contributed by atoms with Crippen LogP contribution in [0, 0.1) is 5.21 Å². The molecule has 2 heterocycles. The molecule has 0 amide bonds. The van der Waals surface area contributed by atoms with Gasteiger partial charge >= 0.3 is 5.97 Å². The van der Waals surface area contributed by atoms with Crippen LogP contribution < -0.4 is 5.06 Å². The average molecular weight is 349 g/mol. The number of hydrogen-bond donors (Lipinski definition) is 3. The maximum absolute atomic E-state index is 11.7. The highest BCUT2D eigenvalue weighted by molar-refractivity contribution is 8.76. The van der Waals surface area contributed by atoms with Gasteiger partial charge in [0.15, 0.2) is 6.04 Å². The summed E-state index contributed by atoms with van der Waals surface area (Å²) in [5, 5.41) is 32.1. The van der Waals surface area contributed by atoms with Crippen molar-refractivity contribution in [1.29, 1.82) is 0 Å². The summed E-state index contributed by atoms with van der Waals surface area (Å²) in [5.41, 5.74) is 0. The Hall–Kier alpha value is -0.480. The first-order valence-electron chi connectivity index (χ1n) is 7.65. The Morgan fingerprint density at radius 2 is 2.27 bits per heavy atom. The Labute approximate surface area is 138 Å². The molecule has 0 aromatic rings. The molecule has 22 heavy (non-hydrogen) atoms. The summed E-state index contributed by atoms with van der Waals surface area (Å²) in [6.07, 6.45) is 5.33. The number of quaternary nitrogens is 1. The number of nitrogens with one attached hydrogen (secondary N) is 1. The largest absolute Gasteiger partial charge is 0.633 e. The summed E-state index contributed by atoms with van der Waals surface area (Å²) in [4.78, 5) is 15.5. The third-order valence-electron chi connectivity index (χ3n) is 3.82. The van der Waals surface area contributed by atoms with Gasteiger partial charge in [-0.15, -0.1) is 0 Å². The van der Waals surface area contributed by atoms with Crippen molar-refractivity contribution in [3.63, 3.8) is 0 Å². The van der Waals surface area contributed by atoms with Crippen molar-refractivity contribution in [2.24, 2.45) is 4.99 Å². The zero-order valence-corrected chi connectivity index (χ0v) is 14.1. The molecule has 3 N–H and O–H groups in total. The molecule has 0 bridgehead atoms. The molecule has 0 spiro atoms. The first-order chi connectivity index (χ1) is 10.6. The topological polar surface area (TPSA) is 101 Å². The van der Waals surface area contributed by atoms with E-state index in [0.717, 1.165) is 37.2 Å². The van der Waals surface area contributed by atoms with Crippen LogP contribution in [0.4, 0.5) is 0 Å². The Balaban J connectivity index is 1.83. The highest BCUT2D eigenvalue weighted by Crippen LogP contribution is 2.29. The van der Waals surface area contributed by atoms with Crippen molar-refractivity contribution < 1.29 is 20.2 Å². The van der Waals surface area contributed by atoms with Crippen LogP contribution in [0.3, 0.4) is 0 Å². The minimum absolute atomic E-state index is 0.00938. The molecule has 126 valence electrons. The van der Waals surface area contributed by atoms with Crippen LogP contribution in [0.5, 0.6) is 0 Å². The lowest BCUT2D eigenvalue weighted by Crippen LogP contribution is -3.11. The second kappa shape index (κ2) is 8.97. The van der Waals surface area contributed by atoms with Gasteiger partial charge in [0, 0.05) is 25.1 Å². The standard InChI is InChI=1S/C13H23N3O4S2/c17-13(18)10(14-11-5-1-3-7-15(11)19)9-21-22-12-6-2-4-8-16(12)20/h10,12,16,19H,1-9H2,(H,17,18)/t10-,12?/m0/s1. The first kappa shape index (κ1) is 17.9. The van der Waals surface area contributed by atoms with E-state index < -0.39 is 12.0 Å². The number of amidine groups is 1. The van der Waals surface area contributed by atoms with Crippen molar-refractivity contribution in [2.45, 2.75) is 49.9 Å². The molecule has 0 radical (unpaired) electrons. The molecule has 9 heteroatoms. The highest BCUT2D eigenvalue weighted by atomic mass is 33.1. The maximum Gasteiger partial charge on any atom is 0.329 e. The summed E-state index contributed by atoms with van der Waals surface area (Å²) >= 11 is 0. The predicted octanol–water partition coefficient (Wildman–Crippen LogP) is 0.987. The minimum Gasteiger partial charge on any atom is -0.633 e. The summed E-state index contributed by atoms with van der Waals surface area (Å²) in [5.74, 6) is -0.228. The van der Waals surface area contributed by atoms with Gasteiger partial charge in [0.05, 0.1) is 6.54 Å². The summed E-state index contributed by atoms with van der Waals surface area (Å²) in [6.45, 7) is 1.14. The second-order valence-electron chi connectivity index (χ2n) is 5.56. The van der Waals surface area contributed by atoms with Crippen LogP contribution in [-0.4, -0.2) is 57.4 Å². The Kier molecular flexibility index (Phi) is 7.29. The SMILES string of the molecule is O=C(O)[C@H](CSSC1CCCC[NH+]1[O-])N=C1CCCCN1O. The molecular formula is C13H23N3O4S2. The molecule has 2 saturated heterocycles. The van der Waals surface area contributed by atoms with Crippen LogP contribution >= 0.6 is 21.6 Å². The van der Waals surface area contributed by atoms with E-state index >= 15 is 0 Å². The molecule has 2 aliphatic rings. The first-order valence-corrected chi connectivity index (χ1v) is 10.0. The van der Waals surface area contributed by atoms with Crippen LogP contribution in [-0.2, 0) is 4.79 Å². The van der Waals surface area contributed by atoms with Gasteiger partial charge in [0.1, 0.15) is 11.2 Å². The fourth-order valence-corrected chi connectivity index (χ4v) is 5.32. The molecular weight excluding hydrogens is 326 g/mol. The van der Waals surface area contributed by atoms with E-state index in [9.17, 15) is 20.3 Å². The minimum atomic E-state index is -0.991. The lowest BCUT2D eigenvalue weighted by atomic mass is 10.1. The number of aliphatic carboxylic acids is 1. The van der Waals surface area contributed by atoms with E-state index in [1.807, 2.05) is 0 Å². The fraction of sp³-hybridized carbons (Fsp3) is 0.846. The van der Waals surface area contributed by atoms with Gasteiger partial charge in [-0.1, -0.05) is 10.8 Å². The molecule has 2 rings (SSSR count). The van der Waals surface area contributed by atoms with Crippen molar-refractivity contribution in [2.75, 3.05) is 18.8 Å². The molecule has 7 nitrogen and oxygen atoms in total. The number of carboxylic acid groups (broad SMARTS) is 1. The van der Waals surface area contributed by atoms with Crippen LogP contribution in [0.2, 0.25) is 0 Å². The predicted molar refractivity (Wildman–Crippen MR) is 88.1 cm³/mol. The summed E-state index contributed by atoms with van der Waals surface area (Å²) in [7, 11) is 2.87. The number of rotatable bonds is 6. The van der Waals surface area contributed by atoms with Gasteiger partial charge in [0.25, 0.3) is 0 Å². The van der Waals surface area contributed by atoms with E-state index in [1.54, 1.807) is 0 Å². The third kappa shape index (κ3) is 5.31. The van der Waals surface area contributed by atoms with Crippen molar-refractivity contribution in [3.8, 4) is 0 Å². The van der Waals surface area contributed by atoms with E-state index in [1.165, 1.54) is 21.6 Å². The van der Waals surface area contributed by atoms with Crippen LogP contribution in [0.15, 0.2) is 4.99 Å².